The van der Waals surface area contributed by atoms with Crippen molar-refractivity contribution in [2.75, 3.05) is 18.4 Å². The summed E-state index contributed by atoms with van der Waals surface area (Å²) in [7, 11) is 0. The zero-order valence-corrected chi connectivity index (χ0v) is 17.9. The van der Waals surface area contributed by atoms with Crippen LogP contribution in [-0.4, -0.2) is 39.9 Å². The van der Waals surface area contributed by atoms with E-state index in [1.54, 1.807) is 36.1 Å². The van der Waals surface area contributed by atoms with Gasteiger partial charge in [0.05, 0.1) is 12.3 Å². The molecule has 8 heteroatoms. The third-order valence-corrected chi connectivity index (χ3v) is 5.54. The van der Waals surface area contributed by atoms with Gasteiger partial charge < -0.3 is 14.7 Å². The molecule has 0 unspecified atom stereocenters. The minimum Gasteiger partial charge on any atom is -0.342 e. The number of piperidine rings is 1. The molecule has 0 saturated carbocycles. The van der Waals surface area contributed by atoms with Gasteiger partial charge in [0.15, 0.2) is 0 Å². The number of likely N-dealkylation sites (tertiary alicyclic amines) is 1. The fraction of sp³-hybridized carbons (Fsp3) is 0.333. The van der Waals surface area contributed by atoms with Gasteiger partial charge in [0.25, 0.3) is 0 Å². The Morgan fingerprint density at radius 1 is 1.22 bits per heavy atom. The number of amides is 2. The predicted octanol–water partition coefficient (Wildman–Crippen LogP) is 4.17. The first kappa shape index (κ1) is 21.7. The third kappa shape index (κ3) is 5.19. The summed E-state index contributed by atoms with van der Waals surface area (Å²) in [5, 5.41) is 6.93. The second-order valence-electron chi connectivity index (χ2n) is 7.92. The van der Waals surface area contributed by atoms with Gasteiger partial charge in [-0.15, -0.1) is 0 Å². The van der Waals surface area contributed by atoms with Gasteiger partial charge in [-0.05, 0) is 42.7 Å². The Kier molecular flexibility index (Phi) is 6.58. The number of nitrogens with zero attached hydrogens (tertiary/aromatic N) is 3. The van der Waals surface area contributed by atoms with E-state index >= 15 is 0 Å². The molecule has 0 radical (unpaired) electrons. The third-order valence-electron chi connectivity index (χ3n) is 5.54. The van der Waals surface area contributed by atoms with Gasteiger partial charge in [0.2, 0.25) is 23.5 Å². The average Bonchev–Trinajstić information content (AvgIpc) is 3.30. The van der Waals surface area contributed by atoms with E-state index in [-0.39, 0.29) is 30.0 Å². The molecule has 0 spiro atoms. The van der Waals surface area contributed by atoms with Crippen LogP contribution < -0.4 is 5.32 Å². The molecule has 1 fully saturated rings. The molecule has 1 aliphatic rings. The van der Waals surface area contributed by atoms with Crippen LogP contribution in [-0.2, 0) is 16.0 Å². The summed E-state index contributed by atoms with van der Waals surface area (Å²) in [6.07, 6.45) is 2.23. The molecule has 166 valence electrons. The zero-order valence-electron chi connectivity index (χ0n) is 17.9. The van der Waals surface area contributed by atoms with E-state index < -0.39 is 0 Å². The second kappa shape index (κ2) is 9.72. The van der Waals surface area contributed by atoms with Crippen molar-refractivity contribution in [2.24, 2.45) is 0 Å². The van der Waals surface area contributed by atoms with E-state index in [1.807, 2.05) is 12.1 Å². The summed E-state index contributed by atoms with van der Waals surface area (Å²) in [6.45, 7) is 2.94. The number of halogens is 1. The fourth-order valence-corrected chi connectivity index (χ4v) is 3.84. The SMILES string of the molecule is CCC(=O)Nc1cccc(-c2noc([C@@H]3CCCN(C(=O)Cc4cccc(F)c4)C3)n2)c1. The van der Waals surface area contributed by atoms with Crippen molar-refractivity contribution in [1.82, 2.24) is 15.0 Å². The first-order chi connectivity index (χ1) is 15.5. The van der Waals surface area contributed by atoms with E-state index in [2.05, 4.69) is 15.5 Å². The number of hydrogen-bond donors (Lipinski definition) is 1. The number of nitrogens with one attached hydrogen (secondary N) is 1. The van der Waals surface area contributed by atoms with E-state index in [4.69, 9.17) is 4.52 Å². The minimum absolute atomic E-state index is 0.0422. The second-order valence-corrected chi connectivity index (χ2v) is 7.92. The van der Waals surface area contributed by atoms with Crippen molar-refractivity contribution in [1.29, 1.82) is 0 Å². The Morgan fingerprint density at radius 3 is 2.88 bits per heavy atom. The molecule has 1 aliphatic heterocycles. The van der Waals surface area contributed by atoms with Crippen LogP contribution >= 0.6 is 0 Å². The largest absolute Gasteiger partial charge is 0.342 e. The maximum absolute atomic E-state index is 13.4. The molecule has 7 nitrogen and oxygen atoms in total. The van der Waals surface area contributed by atoms with Crippen LogP contribution in [0.1, 0.15) is 43.6 Å². The summed E-state index contributed by atoms with van der Waals surface area (Å²) in [5.41, 5.74) is 2.07. The van der Waals surface area contributed by atoms with Crippen molar-refractivity contribution in [3.63, 3.8) is 0 Å². The number of carbonyl (C=O) groups excluding carboxylic acids is 2. The van der Waals surface area contributed by atoms with Gasteiger partial charge in [0, 0.05) is 30.8 Å². The van der Waals surface area contributed by atoms with Crippen LogP contribution in [0.15, 0.2) is 53.1 Å². The van der Waals surface area contributed by atoms with Gasteiger partial charge in [-0.3, -0.25) is 9.59 Å². The Morgan fingerprint density at radius 2 is 2.06 bits per heavy atom. The molecule has 2 aromatic carbocycles. The molecular formula is C24H25FN4O3. The topological polar surface area (TPSA) is 88.3 Å². The summed E-state index contributed by atoms with van der Waals surface area (Å²) in [5.74, 6) is 0.426. The van der Waals surface area contributed by atoms with Gasteiger partial charge >= 0.3 is 0 Å². The van der Waals surface area contributed by atoms with Gasteiger partial charge in [0.1, 0.15) is 5.82 Å². The molecule has 1 atom stereocenters. The minimum atomic E-state index is -0.344. The van der Waals surface area contributed by atoms with Crippen molar-refractivity contribution in [2.45, 2.75) is 38.5 Å². The Bertz CT molecular complexity index is 1110. The molecule has 1 N–H and O–H groups in total. The van der Waals surface area contributed by atoms with E-state index in [0.717, 1.165) is 18.4 Å². The Labute approximate surface area is 185 Å². The van der Waals surface area contributed by atoms with Gasteiger partial charge in [-0.1, -0.05) is 36.3 Å². The lowest BCUT2D eigenvalue weighted by atomic mass is 9.97. The summed E-state index contributed by atoms with van der Waals surface area (Å²) in [6, 6.07) is 13.4. The molecule has 3 aromatic rings. The molecule has 0 bridgehead atoms. The quantitative estimate of drug-likeness (QED) is 0.627. The van der Waals surface area contributed by atoms with Gasteiger partial charge in [-0.25, -0.2) is 4.39 Å². The first-order valence-corrected chi connectivity index (χ1v) is 10.8. The lowest BCUT2D eigenvalue weighted by Gasteiger charge is -2.31. The lowest BCUT2D eigenvalue weighted by molar-refractivity contribution is -0.131. The number of aromatic nitrogens is 2. The fourth-order valence-electron chi connectivity index (χ4n) is 3.84. The van der Waals surface area contributed by atoms with Gasteiger partial charge in [-0.2, -0.15) is 4.98 Å². The van der Waals surface area contributed by atoms with Crippen molar-refractivity contribution < 1.29 is 18.5 Å². The molecular weight excluding hydrogens is 411 g/mol. The van der Waals surface area contributed by atoms with Crippen LogP contribution in [0.3, 0.4) is 0 Å². The molecule has 1 saturated heterocycles. The molecule has 32 heavy (non-hydrogen) atoms. The smallest absolute Gasteiger partial charge is 0.231 e. The highest BCUT2D eigenvalue weighted by Gasteiger charge is 2.28. The van der Waals surface area contributed by atoms with Crippen LogP contribution in [0.25, 0.3) is 11.4 Å². The summed E-state index contributed by atoms with van der Waals surface area (Å²) >= 11 is 0. The monoisotopic (exact) mass is 436 g/mol. The number of carbonyl (C=O) groups is 2. The normalized spacial score (nSPS) is 16.1. The maximum Gasteiger partial charge on any atom is 0.231 e. The lowest BCUT2D eigenvalue weighted by Crippen LogP contribution is -2.40. The molecule has 0 aliphatic carbocycles. The number of hydrogen-bond acceptors (Lipinski definition) is 5. The van der Waals surface area contributed by atoms with Crippen LogP contribution in [0, 0.1) is 5.82 Å². The van der Waals surface area contributed by atoms with Crippen molar-refractivity contribution in [3.05, 3.63) is 65.8 Å². The molecule has 2 amide bonds. The predicted molar refractivity (Wildman–Crippen MR) is 117 cm³/mol. The Balaban J connectivity index is 1.43. The maximum atomic E-state index is 13.4. The highest BCUT2D eigenvalue weighted by Crippen LogP contribution is 2.28. The number of rotatable bonds is 6. The molecule has 4 rings (SSSR count). The highest BCUT2D eigenvalue weighted by molar-refractivity contribution is 5.91. The average molecular weight is 436 g/mol. The first-order valence-electron chi connectivity index (χ1n) is 10.8. The molecule has 1 aromatic heterocycles. The summed E-state index contributed by atoms with van der Waals surface area (Å²) < 4.78 is 18.9. The van der Waals surface area contributed by atoms with E-state index in [9.17, 15) is 14.0 Å². The van der Waals surface area contributed by atoms with Crippen molar-refractivity contribution in [3.8, 4) is 11.4 Å². The standard InChI is InChI=1S/C24H25FN4O3/c1-2-21(30)26-20-10-4-7-17(14-20)23-27-24(32-28-23)18-8-5-11-29(15-18)22(31)13-16-6-3-9-19(25)12-16/h3-4,6-7,9-10,12,14,18H,2,5,8,11,13,15H2,1H3,(H,26,30)/t18-/m1/s1. The van der Waals surface area contributed by atoms with Crippen LogP contribution in [0.5, 0.6) is 0 Å². The Hall–Kier alpha value is -3.55. The highest BCUT2D eigenvalue weighted by atomic mass is 19.1. The van der Waals surface area contributed by atoms with E-state index in [0.29, 0.717) is 42.5 Å². The van der Waals surface area contributed by atoms with Crippen LogP contribution in [0.4, 0.5) is 10.1 Å². The summed E-state index contributed by atoms with van der Waals surface area (Å²) in [4.78, 5) is 30.7. The number of benzene rings is 2. The number of anilines is 1. The zero-order chi connectivity index (χ0) is 22.5. The van der Waals surface area contributed by atoms with E-state index in [1.165, 1.54) is 12.1 Å². The molecule has 2 heterocycles. The van der Waals surface area contributed by atoms with Crippen LogP contribution in [0.2, 0.25) is 0 Å². The van der Waals surface area contributed by atoms with Crippen molar-refractivity contribution >= 4 is 17.5 Å².